The zero-order valence-electron chi connectivity index (χ0n) is 9.59. The monoisotopic (exact) mass is 233 g/mol. The lowest BCUT2D eigenvalue weighted by Crippen LogP contribution is -2.23. The molecule has 1 aliphatic heterocycles. The van der Waals surface area contributed by atoms with Gasteiger partial charge in [-0.05, 0) is 18.6 Å². The highest BCUT2D eigenvalue weighted by atomic mass is 16.5. The van der Waals surface area contributed by atoms with Crippen molar-refractivity contribution in [3.63, 3.8) is 0 Å². The van der Waals surface area contributed by atoms with Gasteiger partial charge in [0.1, 0.15) is 12.0 Å². The molecular formula is C13H15NO3. The molecule has 1 fully saturated rings. The minimum Gasteiger partial charge on any atom is -0.493 e. The van der Waals surface area contributed by atoms with Crippen molar-refractivity contribution in [1.29, 1.82) is 0 Å². The second-order valence-electron chi connectivity index (χ2n) is 3.95. The molecule has 0 unspecified atom stereocenters. The smallest absolute Gasteiger partial charge is 0.227 e. The highest BCUT2D eigenvalue weighted by molar-refractivity contribution is 5.95. The fourth-order valence-corrected chi connectivity index (χ4v) is 1.89. The van der Waals surface area contributed by atoms with Crippen molar-refractivity contribution in [2.24, 2.45) is 0 Å². The summed E-state index contributed by atoms with van der Waals surface area (Å²) in [6.07, 6.45) is 2.74. The molecule has 1 amide bonds. The second-order valence-corrected chi connectivity index (χ2v) is 3.95. The Labute approximate surface area is 100 Å². The van der Waals surface area contributed by atoms with Gasteiger partial charge >= 0.3 is 0 Å². The van der Waals surface area contributed by atoms with E-state index >= 15 is 0 Å². The Morgan fingerprint density at radius 3 is 3.00 bits per heavy atom. The second kappa shape index (κ2) is 5.48. The number of aldehydes is 1. The van der Waals surface area contributed by atoms with Crippen molar-refractivity contribution in [3.8, 4) is 5.75 Å². The van der Waals surface area contributed by atoms with E-state index in [2.05, 4.69) is 0 Å². The lowest BCUT2D eigenvalue weighted by Gasteiger charge is -2.16. The number of nitrogens with zero attached hydrogens (tertiary/aromatic N) is 1. The van der Waals surface area contributed by atoms with Gasteiger partial charge in [0.15, 0.2) is 0 Å². The van der Waals surface area contributed by atoms with E-state index in [0.717, 1.165) is 24.9 Å². The molecule has 4 heteroatoms. The van der Waals surface area contributed by atoms with Gasteiger partial charge in [0.05, 0.1) is 6.61 Å². The van der Waals surface area contributed by atoms with Gasteiger partial charge in [-0.25, -0.2) is 0 Å². The Hall–Kier alpha value is -1.84. The van der Waals surface area contributed by atoms with Gasteiger partial charge in [0, 0.05) is 31.1 Å². The van der Waals surface area contributed by atoms with Gasteiger partial charge in [-0.15, -0.1) is 0 Å². The molecule has 0 spiro atoms. The van der Waals surface area contributed by atoms with Crippen molar-refractivity contribution >= 4 is 17.9 Å². The van der Waals surface area contributed by atoms with E-state index in [-0.39, 0.29) is 5.91 Å². The van der Waals surface area contributed by atoms with Crippen LogP contribution >= 0.6 is 0 Å². The summed E-state index contributed by atoms with van der Waals surface area (Å²) in [5.74, 6) is 0.860. The molecule has 0 saturated carbocycles. The van der Waals surface area contributed by atoms with Gasteiger partial charge in [0.25, 0.3) is 0 Å². The molecule has 17 heavy (non-hydrogen) atoms. The Kier molecular flexibility index (Phi) is 3.75. The number of carbonyl (C=O) groups excluding carboxylic acids is 2. The lowest BCUT2D eigenvalue weighted by molar-refractivity contribution is -0.117. The van der Waals surface area contributed by atoms with Crippen molar-refractivity contribution in [3.05, 3.63) is 24.3 Å². The fourth-order valence-electron chi connectivity index (χ4n) is 1.89. The molecule has 1 heterocycles. The van der Waals surface area contributed by atoms with Crippen LogP contribution in [0.3, 0.4) is 0 Å². The molecule has 1 saturated heterocycles. The summed E-state index contributed by atoms with van der Waals surface area (Å²) in [7, 11) is 0. The van der Waals surface area contributed by atoms with Crippen molar-refractivity contribution in [2.45, 2.75) is 19.3 Å². The summed E-state index contributed by atoms with van der Waals surface area (Å²) in [6, 6.07) is 7.43. The Morgan fingerprint density at radius 2 is 2.29 bits per heavy atom. The predicted molar refractivity (Wildman–Crippen MR) is 64.2 cm³/mol. The van der Waals surface area contributed by atoms with Crippen molar-refractivity contribution in [2.75, 3.05) is 18.1 Å². The SMILES string of the molecule is O=CCCOc1cccc(N2CCCC2=O)c1. The third kappa shape index (κ3) is 2.84. The standard InChI is InChI=1S/C13H15NO3/c15-8-3-9-17-12-5-1-4-11(10-12)14-7-2-6-13(14)16/h1,4-5,8,10H,2-3,6-7,9H2. The summed E-state index contributed by atoms with van der Waals surface area (Å²) in [5, 5.41) is 0. The molecule has 0 N–H and O–H groups in total. The Morgan fingerprint density at radius 1 is 1.41 bits per heavy atom. The van der Waals surface area contributed by atoms with Crippen LogP contribution in [0, 0.1) is 0 Å². The Balaban J connectivity index is 2.05. The third-order valence-corrected chi connectivity index (χ3v) is 2.71. The number of benzene rings is 1. The molecule has 0 bridgehead atoms. The van der Waals surface area contributed by atoms with Gasteiger partial charge in [-0.3, -0.25) is 4.79 Å². The number of ether oxygens (including phenoxy) is 1. The lowest BCUT2D eigenvalue weighted by atomic mass is 10.3. The molecule has 2 rings (SSSR count). The average Bonchev–Trinajstić information content (AvgIpc) is 2.76. The highest BCUT2D eigenvalue weighted by Gasteiger charge is 2.21. The molecule has 1 aromatic carbocycles. The summed E-state index contributed by atoms with van der Waals surface area (Å²) in [4.78, 5) is 23.5. The Bertz CT molecular complexity index is 417. The van der Waals surface area contributed by atoms with Crippen LogP contribution in [0.4, 0.5) is 5.69 Å². The zero-order chi connectivity index (χ0) is 12.1. The van der Waals surface area contributed by atoms with Crippen LogP contribution in [0.1, 0.15) is 19.3 Å². The topological polar surface area (TPSA) is 46.6 Å². The quantitative estimate of drug-likeness (QED) is 0.575. The van der Waals surface area contributed by atoms with E-state index in [4.69, 9.17) is 4.74 Å². The van der Waals surface area contributed by atoms with Crippen LogP contribution in [0.5, 0.6) is 5.75 Å². The number of rotatable bonds is 5. The molecule has 1 aromatic rings. The van der Waals surface area contributed by atoms with Crippen LogP contribution < -0.4 is 9.64 Å². The number of hydrogen-bond donors (Lipinski definition) is 0. The number of hydrogen-bond acceptors (Lipinski definition) is 3. The van der Waals surface area contributed by atoms with E-state index in [1.54, 1.807) is 4.90 Å². The van der Waals surface area contributed by atoms with Gasteiger partial charge < -0.3 is 14.4 Å². The van der Waals surface area contributed by atoms with Crippen LogP contribution in [0.15, 0.2) is 24.3 Å². The van der Waals surface area contributed by atoms with Gasteiger partial charge in [-0.1, -0.05) is 6.07 Å². The van der Waals surface area contributed by atoms with Crippen molar-refractivity contribution < 1.29 is 14.3 Å². The fraction of sp³-hybridized carbons (Fsp3) is 0.385. The largest absolute Gasteiger partial charge is 0.493 e. The molecule has 1 aliphatic rings. The first-order valence-corrected chi connectivity index (χ1v) is 5.78. The van der Waals surface area contributed by atoms with Gasteiger partial charge in [0.2, 0.25) is 5.91 Å². The first-order chi connectivity index (χ1) is 8.31. The number of amides is 1. The van der Waals surface area contributed by atoms with E-state index in [1.165, 1.54) is 0 Å². The zero-order valence-corrected chi connectivity index (χ0v) is 9.59. The van der Waals surface area contributed by atoms with E-state index < -0.39 is 0 Å². The number of anilines is 1. The summed E-state index contributed by atoms with van der Waals surface area (Å²) in [5.41, 5.74) is 0.871. The van der Waals surface area contributed by atoms with Crippen molar-refractivity contribution in [1.82, 2.24) is 0 Å². The molecular weight excluding hydrogens is 218 g/mol. The van der Waals surface area contributed by atoms with E-state index in [9.17, 15) is 9.59 Å². The maximum absolute atomic E-state index is 11.6. The van der Waals surface area contributed by atoms with Crippen LogP contribution in [0.2, 0.25) is 0 Å². The first kappa shape index (κ1) is 11.6. The minimum absolute atomic E-state index is 0.162. The molecule has 90 valence electrons. The molecule has 0 radical (unpaired) electrons. The first-order valence-electron chi connectivity index (χ1n) is 5.78. The average molecular weight is 233 g/mol. The van der Waals surface area contributed by atoms with Crippen LogP contribution in [0.25, 0.3) is 0 Å². The van der Waals surface area contributed by atoms with Crippen LogP contribution in [-0.2, 0) is 9.59 Å². The third-order valence-electron chi connectivity index (χ3n) is 2.71. The molecule has 4 nitrogen and oxygen atoms in total. The highest BCUT2D eigenvalue weighted by Crippen LogP contribution is 2.25. The summed E-state index contributed by atoms with van der Waals surface area (Å²) in [6.45, 7) is 1.15. The number of carbonyl (C=O) groups is 2. The molecule has 0 aromatic heterocycles. The maximum Gasteiger partial charge on any atom is 0.227 e. The van der Waals surface area contributed by atoms with Gasteiger partial charge in [-0.2, -0.15) is 0 Å². The maximum atomic E-state index is 11.6. The molecule has 0 atom stereocenters. The normalized spacial score (nSPS) is 15.1. The minimum atomic E-state index is 0.162. The summed E-state index contributed by atoms with van der Waals surface area (Å²) < 4.78 is 5.41. The van der Waals surface area contributed by atoms with E-state index in [0.29, 0.717) is 25.2 Å². The molecule has 0 aliphatic carbocycles. The van der Waals surface area contributed by atoms with E-state index in [1.807, 2.05) is 24.3 Å². The predicted octanol–water partition coefficient (Wildman–Crippen LogP) is 1.78. The summed E-state index contributed by atoms with van der Waals surface area (Å²) >= 11 is 0. The van der Waals surface area contributed by atoms with Crippen LogP contribution in [-0.4, -0.2) is 25.3 Å².